The molecule has 0 aliphatic carbocycles. The van der Waals surface area contributed by atoms with E-state index in [1.165, 1.54) is 26.9 Å². The van der Waals surface area contributed by atoms with Gasteiger partial charge in [-0.3, -0.25) is 4.79 Å². The van der Waals surface area contributed by atoms with Crippen molar-refractivity contribution in [2.45, 2.75) is 12.8 Å². The zero-order valence-corrected chi connectivity index (χ0v) is 15.6. The van der Waals surface area contributed by atoms with Crippen molar-refractivity contribution < 1.29 is 23.7 Å². The van der Waals surface area contributed by atoms with E-state index in [0.29, 0.717) is 29.4 Å². The van der Waals surface area contributed by atoms with Crippen LogP contribution in [0.1, 0.15) is 22.3 Å². The monoisotopic (exact) mass is 359 g/mol. The van der Waals surface area contributed by atoms with Crippen LogP contribution in [0.5, 0.6) is 23.0 Å². The van der Waals surface area contributed by atoms with Gasteiger partial charge in [-0.1, -0.05) is 12.1 Å². The van der Waals surface area contributed by atoms with Gasteiger partial charge in [0.05, 0.1) is 28.4 Å². The summed E-state index contributed by atoms with van der Waals surface area (Å²) in [6.45, 7) is 0.571. The van der Waals surface area contributed by atoms with E-state index in [-0.39, 0.29) is 5.91 Å². The molecule has 0 spiro atoms. The van der Waals surface area contributed by atoms with Crippen LogP contribution < -0.4 is 24.3 Å². The molecule has 2 rings (SSSR count). The van der Waals surface area contributed by atoms with Gasteiger partial charge in [0.25, 0.3) is 5.91 Å². The summed E-state index contributed by atoms with van der Waals surface area (Å²) >= 11 is 0. The molecule has 0 saturated carbocycles. The Labute approximate surface area is 154 Å². The number of nitrogens with one attached hydrogen (secondary N) is 1. The molecule has 0 bridgehead atoms. The van der Waals surface area contributed by atoms with E-state index in [1.54, 1.807) is 19.2 Å². The van der Waals surface area contributed by atoms with Crippen molar-refractivity contribution in [2.24, 2.45) is 0 Å². The lowest BCUT2D eigenvalue weighted by Gasteiger charge is -2.14. The minimum Gasteiger partial charge on any atom is -0.497 e. The Morgan fingerprint density at radius 3 is 2.00 bits per heavy atom. The fourth-order valence-electron chi connectivity index (χ4n) is 2.60. The third-order valence-corrected chi connectivity index (χ3v) is 4.01. The number of rotatable bonds is 9. The van der Waals surface area contributed by atoms with Crippen LogP contribution in [0.15, 0.2) is 36.4 Å². The van der Waals surface area contributed by atoms with Crippen LogP contribution >= 0.6 is 0 Å². The summed E-state index contributed by atoms with van der Waals surface area (Å²) in [4.78, 5) is 12.4. The van der Waals surface area contributed by atoms with Crippen molar-refractivity contribution in [3.63, 3.8) is 0 Å². The Hall–Kier alpha value is -2.89. The maximum Gasteiger partial charge on any atom is 0.251 e. The summed E-state index contributed by atoms with van der Waals surface area (Å²) in [5.41, 5.74) is 1.66. The van der Waals surface area contributed by atoms with Gasteiger partial charge in [-0.25, -0.2) is 0 Å². The minimum absolute atomic E-state index is 0.181. The van der Waals surface area contributed by atoms with Crippen LogP contribution in [0.2, 0.25) is 0 Å². The van der Waals surface area contributed by atoms with E-state index in [4.69, 9.17) is 18.9 Å². The molecule has 140 valence electrons. The smallest absolute Gasteiger partial charge is 0.251 e. The quantitative estimate of drug-likeness (QED) is 0.697. The van der Waals surface area contributed by atoms with Gasteiger partial charge in [0.1, 0.15) is 5.75 Å². The molecule has 0 saturated heterocycles. The topological polar surface area (TPSA) is 66.0 Å². The summed E-state index contributed by atoms with van der Waals surface area (Å²) in [6, 6.07) is 11.2. The molecular weight excluding hydrogens is 334 g/mol. The average Bonchev–Trinajstić information content (AvgIpc) is 2.70. The Bertz CT molecular complexity index is 702. The number of hydrogen-bond donors (Lipinski definition) is 1. The largest absolute Gasteiger partial charge is 0.497 e. The van der Waals surface area contributed by atoms with E-state index in [2.05, 4.69) is 5.32 Å². The zero-order chi connectivity index (χ0) is 18.9. The van der Waals surface area contributed by atoms with Gasteiger partial charge in [-0.05, 0) is 42.7 Å². The van der Waals surface area contributed by atoms with Gasteiger partial charge in [0, 0.05) is 12.1 Å². The highest BCUT2D eigenvalue weighted by Crippen LogP contribution is 2.38. The number of carbonyl (C=O) groups excluding carboxylic acids is 1. The van der Waals surface area contributed by atoms with Crippen molar-refractivity contribution in [1.29, 1.82) is 0 Å². The van der Waals surface area contributed by atoms with Gasteiger partial charge in [-0.2, -0.15) is 0 Å². The Morgan fingerprint density at radius 2 is 1.50 bits per heavy atom. The molecule has 1 amide bonds. The minimum atomic E-state index is -0.181. The van der Waals surface area contributed by atoms with Gasteiger partial charge < -0.3 is 24.3 Å². The fourth-order valence-corrected chi connectivity index (χ4v) is 2.60. The second kappa shape index (κ2) is 9.56. The second-order valence-electron chi connectivity index (χ2n) is 5.62. The highest BCUT2D eigenvalue weighted by molar-refractivity contribution is 5.95. The maximum atomic E-state index is 12.4. The van der Waals surface area contributed by atoms with Gasteiger partial charge in [-0.15, -0.1) is 0 Å². The van der Waals surface area contributed by atoms with E-state index < -0.39 is 0 Å². The molecule has 0 aromatic heterocycles. The normalized spacial score (nSPS) is 10.2. The molecule has 1 N–H and O–H groups in total. The summed E-state index contributed by atoms with van der Waals surface area (Å²) in [7, 11) is 6.22. The first-order valence-electron chi connectivity index (χ1n) is 8.34. The maximum absolute atomic E-state index is 12.4. The number of hydrogen-bond acceptors (Lipinski definition) is 5. The van der Waals surface area contributed by atoms with Crippen LogP contribution in [-0.4, -0.2) is 40.9 Å². The summed E-state index contributed by atoms with van der Waals surface area (Å²) in [5.74, 6) is 2.03. The van der Waals surface area contributed by atoms with Crippen LogP contribution in [-0.2, 0) is 6.42 Å². The fraction of sp³-hybridized carbons (Fsp3) is 0.350. The molecule has 0 aliphatic heterocycles. The predicted octanol–water partition coefficient (Wildman–Crippen LogP) is 3.08. The molecule has 0 atom stereocenters. The average molecular weight is 359 g/mol. The van der Waals surface area contributed by atoms with Crippen LogP contribution in [0.3, 0.4) is 0 Å². The highest BCUT2D eigenvalue weighted by atomic mass is 16.5. The summed E-state index contributed by atoms with van der Waals surface area (Å²) in [5, 5.41) is 2.92. The third-order valence-electron chi connectivity index (χ3n) is 4.01. The number of benzene rings is 2. The Morgan fingerprint density at radius 1 is 0.885 bits per heavy atom. The van der Waals surface area contributed by atoms with Gasteiger partial charge >= 0.3 is 0 Å². The SMILES string of the molecule is COc1ccc(CCCNC(=O)c2cc(OC)c(OC)c(OC)c2)cc1. The van der Waals surface area contributed by atoms with Crippen LogP contribution in [0.25, 0.3) is 0 Å². The van der Waals surface area contributed by atoms with Crippen molar-refractivity contribution in [2.75, 3.05) is 35.0 Å². The van der Waals surface area contributed by atoms with Crippen molar-refractivity contribution in [1.82, 2.24) is 5.32 Å². The standard InChI is InChI=1S/C20H25NO5/c1-23-16-9-7-14(8-10-16)6-5-11-21-20(22)15-12-17(24-2)19(26-4)18(13-15)25-3/h7-10,12-13H,5-6,11H2,1-4H3,(H,21,22). The van der Waals surface area contributed by atoms with Crippen LogP contribution in [0.4, 0.5) is 0 Å². The van der Waals surface area contributed by atoms with Crippen molar-refractivity contribution in [3.8, 4) is 23.0 Å². The highest BCUT2D eigenvalue weighted by Gasteiger charge is 2.16. The Kier molecular flexibility index (Phi) is 7.14. The molecule has 0 radical (unpaired) electrons. The van der Waals surface area contributed by atoms with E-state index in [0.717, 1.165) is 18.6 Å². The number of carbonyl (C=O) groups is 1. The molecule has 0 fully saturated rings. The molecule has 2 aromatic rings. The second-order valence-corrected chi connectivity index (χ2v) is 5.62. The van der Waals surface area contributed by atoms with Crippen LogP contribution in [0, 0.1) is 0 Å². The molecule has 6 heteroatoms. The lowest BCUT2D eigenvalue weighted by atomic mass is 10.1. The van der Waals surface area contributed by atoms with Gasteiger partial charge in [0.2, 0.25) is 5.75 Å². The number of amides is 1. The van der Waals surface area contributed by atoms with E-state index >= 15 is 0 Å². The first-order chi connectivity index (χ1) is 12.6. The molecule has 0 heterocycles. The number of aryl methyl sites for hydroxylation is 1. The molecule has 0 aliphatic rings. The van der Waals surface area contributed by atoms with Crippen molar-refractivity contribution >= 4 is 5.91 Å². The molecule has 0 unspecified atom stereocenters. The third kappa shape index (κ3) is 4.81. The summed E-state index contributed by atoms with van der Waals surface area (Å²) in [6.07, 6.45) is 1.71. The number of ether oxygens (including phenoxy) is 4. The predicted molar refractivity (Wildman–Crippen MR) is 99.7 cm³/mol. The summed E-state index contributed by atoms with van der Waals surface area (Å²) < 4.78 is 21.0. The van der Waals surface area contributed by atoms with Crippen molar-refractivity contribution in [3.05, 3.63) is 47.5 Å². The Balaban J connectivity index is 1.92. The number of methoxy groups -OCH3 is 4. The first-order valence-corrected chi connectivity index (χ1v) is 8.34. The van der Waals surface area contributed by atoms with Gasteiger partial charge in [0.15, 0.2) is 11.5 Å². The first kappa shape index (κ1) is 19.4. The lowest BCUT2D eigenvalue weighted by Crippen LogP contribution is -2.24. The zero-order valence-electron chi connectivity index (χ0n) is 15.6. The van der Waals surface area contributed by atoms with E-state index in [9.17, 15) is 4.79 Å². The molecule has 26 heavy (non-hydrogen) atoms. The molecule has 6 nitrogen and oxygen atoms in total. The molecular formula is C20H25NO5. The van der Waals surface area contributed by atoms with E-state index in [1.807, 2.05) is 24.3 Å². The molecule has 2 aromatic carbocycles. The lowest BCUT2D eigenvalue weighted by molar-refractivity contribution is 0.0952.